The lowest BCUT2D eigenvalue weighted by molar-refractivity contribution is 0.0693. The van der Waals surface area contributed by atoms with Crippen LogP contribution < -0.4 is 10.2 Å². The van der Waals surface area contributed by atoms with E-state index in [0.717, 1.165) is 51.5 Å². The largest absolute Gasteiger partial charge is 0.495 e. The Morgan fingerprint density at radius 1 is 1.36 bits per heavy atom. The van der Waals surface area contributed by atoms with Crippen molar-refractivity contribution in [2.24, 2.45) is 11.0 Å². The highest BCUT2D eigenvalue weighted by Crippen LogP contribution is 2.44. The average Bonchev–Trinajstić information content (AvgIpc) is 3.04. The van der Waals surface area contributed by atoms with Gasteiger partial charge in [-0.1, -0.05) is 54.9 Å². The Kier molecular flexibility index (Phi) is 7.00. The fraction of sp³-hybridized carbons (Fsp3) is 0.280. The molecule has 0 saturated carbocycles. The zero-order valence-corrected chi connectivity index (χ0v) is 20.3. The molecule has 1 aromatic heterocycles. The van der Waals surface area contributed by atoms with Gasteiger partial charge < -0.3 is 19.8 Å². The summed E-state index contributed by atoms with van der Waals surface area (Å²) in [6.45, 7) is 5.10. The van der Waals surface area contributed by atoms with E-state index in [-0.39, 0.29) is 5.56 Å². The molecule has 8 heteroatoms. The van der Waals surface area contributed by atoms with Gasteiger partial charge in [0.2, 0.25) is 0 Å². The summed E-state index contributed by atoms with van der Waals surface area (Å²) < 4.78 is 7.66. The molecule has 0 saturated heterocycles. The van der Waals surface area contributed by atoms with Crippen molar-refractivity contribution in [3.05, 3.63) is 58.8 Å². The van der Waals surface area contributed by atoms with Crippen LogP contribution in [-0.4, -0.2) is 35.5 Å². The SMILES string of the molecule is CCC1CC=C(n2c(C)c(Sc3cccc(C(=O)O)c3OC)c3ccc(Cl)cc32)C=NNC1. The summed E-state index contributed by atoms with van der Waals surface area (Å²) in [7, 11) is 1.49. The number of carboxylic acids is 1. The molecule has 2 N–H and O–H groups in total. The number of benzene rings is 2. The molecule has 1 unspecified atom stereocenters. The second-order valence-corrected chi connectivity index (χ2v) is 9.40. The van der Waals surface area contributed by atoms with Crippen molar-refractivity contribution in [2.45, 2.75) is 36.5 Å². The first kappa shape index (κ1) is 23.3. The maximum atomic E-state index is 11.7. The van der Waals surface area contributed by atoms with Crippen LogP contribution in [0.25, 0.3) is 16.6 Å². The first-order chi connectivity index (χ1) is 15.9. The van der Waals surface area contributed by atoms with Crippen molar-refractivity contribution in [2.75, 3.05) is 13.7 Å². The molecule has 2 aromatic carbocycles. The molecular weight excluding hydrogens is 458 g/mol. The number of rotatable bonds is 6. The molecule has 172 valence electrons. The number of aromatic carboxylic acids is 1. The number of carboxylic acid groups (broad SMARTS) is 1. The molecule has 2 heterocycles. The van der Waals surface area contributed by atoms with Gasteiger partial charge in [-0.05, 0) is 43.5 Å². The number of hydrogen-bond donors (Lipinski definition) is 2. The zero-order chi connectivity index (χ0) is 23.5. The minimum Gasteiger partial charge on any atom is -0.495 e. The number of para-hydroxylation sites is 1. The predicted octanol–water partition coefficient (Wildman–Crippen LogP) is 6.31. The summed E-state index contributed by atoms with van der Waals surface area (Å²) in [5.74, 6) is -0.153. The summed E-state index contributed by atoms with van der Waals surface area (Å²) in [6.07, 6.45) is 6.09. The minimum atomic E-state index is -1.02. The third kappa shape index (κ3) is 4.61. The molecule has 0 amide bonds. The lowest BCUT2D eigenvalue weighted by atomic mass is 10.0. The summed E-state index contributed by atoms with van der Waals surface area (Å²) in [4.78, 5) is 13.4. The van der Waals surface area contributed by atoms with Crippen LogP contribution in [0, 0.1) is 12.8 Å². The minimum absolute atomic E-state index is 0.137. The molecule has 3 aromatic rings. The third-order valence-corrected chi connectivity index (χ3v) is 7.39. The van der Waals surface area contributed by atoms with Gasteiger partial charge in [0.05, 0.1) is 29.4 Å². The van der Waals surface area contributed by atoms with Gasteiger partial charge in [-0.15, -0.1) is 0 Å². The van der Waals surface area contributed by atoms with Gasteiger partial charge in [0.25, 0.3) is 0 Å². The summed E-state index contributed by atoms with van der Waals surface area (Å²) >= 11 is 7.88. The Bertz CT molecular complexity index is 1270. The van der Waals surface area contributed by atoms with Crippen molar-refractivity contribution < 1.29 is 14.6 Å². The fourth-order valence-corrected chi connectivity index (χ4v) is 5.42. The van der Waals surface area contributed by atoms with Crippen molar-refractivity contribution in [1.82, 2.24) is 9.99 Å². The first-order valence-corrected chi connectivity index (χ1v) is 12.0. The highest BCUT2D eigenvalue weighted by Gasteiger charge is 2.22. The smallest absolute Gasteiger partial charge is 0.339 e. The Balaban J connectivity index is 1.88. The number of ether oxygens (including phenoxy) is 1. The molecule has 6 nitrogen and oxygen atoms in total. The molecule has 1 atom stereocenters. The topological polar surface area (TPSA) is 75.9 Å². The predicted molar refractivity (Wildman–Crippen MR) is 135 cm³/mol. The molecule has 33 heavy (non-hydrogen) atoms. The van der Waals surface area contributed by atoms with Crippen molar-refractivity contribution in [3.63, 3.8) is 0 Å². The molecule has 0 fully saturated rings. The van der Waals surface area contributed by atoms with Crippen LogP contribution in [0.5, 0.6) is 5.75 Å². The number of hydrogen-bond acceptors (Lipinski definition) is 5. The quantitative estimate of drug-likeness (QED) is 0.429. The molecule has 0 aliphatic carbocycles. The Morgan fingerprint density at radius 3 is 2.91 bits per heavy atom. The number of allylic oxidation sites excluding steroid dienone is 2. The van der Waals surface area contributed by atoms with E-state index in [9.17, 15) is 9.90 Å². The van der Waals surface area contributed by atoms with Crippen LogP contribution in [0.3, 0.4) is 0 Å². The van der Waals surface area contributed by atoms with Crippen LogP contribution in [0.1, 0.15) is 35.8 Å². The maximum Gasteiger partial charge on any atom is 0.339 e. The molecular formula is C25H26ClN3O3S. The van der Waals surface area contributed by atoms with Crippen molar-refractivity contribution >= 4 is 52.1 Å². The van der Waals surface area contributed by atoms with Gasteiger partial charge in [-0.2, -0.15) is 5.10 Å². The Morgan fingerprint density at radius 2 is 2.18 bits per heavy atom. The Labute approximate surface area is 202 Å². The number of carbonyl (C=O) groups is 1. The van der Waals surface area contributed by atoms with E-state index in [2.05, 4.69) is 35.0 Å². The monoisotopic (exact) mass is 483 g/mol. The maximum absolute atomic E-state index is 11.7. The number of fused-ring (bicyclic) bond motifs is 1. The third-order valence-electron chi connectivity index (χ3n) is 5.90. The van der Waals surface area contributed by atoms with Gasteiger partial charge >= 0.3 is 5.97 Å². The van der Waals surface area contributed by atoms with Gasteiger partial charge in [-0.3, -0.25) is 0 Å². The fourth-order valence-electron chi connectivity index (χ4n) is 4.08. The molecule has 0 bridgehead atoms. The summed E-state index contributed by atoms with van der Waals surface area (Å²) in [6, 6.07) is 11.0. The first-order valence-electron chi connectivity index (χ1n) is 10.8. The Hall–Kier alpha value is -2.90. The molecule has 4 rings (SSSR count). The highest BCUT2D eigenvalue weighted by atomic mass is 35.5. The van der Waals surface area contributed by atoms with E-state index in [0.29, 0.717) is 16.7 Å². The molecule has 1 aliphatic rings. The normalized spacial score (nSPS) is 16.1. The van der Waals surface area contributed by atoms with E-state index in [1.165, 1.54) is 18.9 Å². The number of hydrazone groups is 1. The van der Waals surface area contributed by atoms with Crippen molar-refractivity contribution in [3.8, 4) is 5.75 Å². The number of nitrogens with zero attached hydrogens (tertiary/aromatic N) is 2. The molecule has 0 spiro atoms. The van der Waals surface area contributed by atoms with Crippen LogP contribution in [0.4, 0.5) is 0 Å². The second kappa shape index (κ2) is 9.93. The van der Waals surface area contributed by atoms with Crippen molar-refractivity contribution in [1.29, 1.82) is 0 Å². The zero-order valence-electron chi connectivity index (χ0n) is 18.8. The van der Waals surface area contributed by atoms with E-state index < -0.39 is 5.97 Å². The van der Waals surface area contributed by atoms with Crippen LogP contribution in [-0.2, 0) is 0 Å². The van der Waals surface area contributed by atoms with Crippen LogP contribution >= 0.6 is 23.4 Å². The van der Waals surface area contributed by atoms with Crippen LogP contribution in [0.15, 0.2) is 57.4 Å². The van der Waals surface area contributed by atoms with Gasteiger partial charge in [0, 0.05) is 27.5 Å². The standard InChI is InChI=1S/C25H26ClN3O3S/c1-4-16-8-10-18(14-28-27-13-16)29-15(2)24(19-11-9-17(26)12-21(19)29)33-22-7-5-6-20(25(30)31)23(22)32-3/h5-7,9-12,14,16,27H,4,8,13H2,1-3H3,(H,30,31). The van der Waals surface area contributed by atoms with E-state index in [1.807, 2.05) is 30.5 Å². The summed E-state index contributed by atoms with van der Waals surface area (Å²) in [5.41, 5.74) is 6.26. The highest BCUT2D eigenvalue weighted by molar-refractivity contribution is 7.99. The summed E-state index contributed by atoms with van der Waals surface area (Å²) in [5, 5.41) is 15.7. The number of halogens is 1. The van der Waals surface area contributed by atoms with E-state index in [1.54, 1.807) is 12.1 Å². The van der Waals surface area contributed by atoms with Crippen LogP contribution in [0.2, 0.25) is 5.02 Å². The average molecular weight is 484 g/mol. The molecule has 1 aliphatic heterocycles. The lowest BCUT2D eigenvalue weighted by Gasteiger charge is -2.17. The second-order valence-electron chi connectivity index (χ2n) is 7.91. The van der Waals surface area contributed by atoms with E-state index in [4.69, 9.17) is 16.3 Å². The molecule has 0 radical (unpaired) electrons. The van der Waals surface area contributed by atoms with Gasteiger partial charge in [0.15, 0.2) is 0 Å². The number of nitrogens with one attached hydrogen (secondary N) is 1. The van der Waals surface area contributed by atoms with E-state index >= 15 is 0 Å². The lowest BCUT2D eigenvalue weighted by Crippen LogP contribution is -2.20. The number of aromatic nitrogens is 1. The number of methoxy groups -OCH3 is 1. The van der Waals surface area contributed by atoms with Gasteiger partial charge in [0.1, 0.15) is 11.3 Å². The van der Waals surface area contributed by atoms with Gasteiger partial charge in [-0.25, -0.2) is 4.79 Å².